The molecule has 0 heterocycles. The first kappa shape index (κ1) is 10.8. The second kappa shape index (κ2) is 4.67. The summed E-state index contributed by atoms with van der Waals surface area (Å²) in [6.45, 7) is 9.63. The van der Waals surface area contributed by atoms with E-state index in [1.165, 1.54) is 0 Å². The molecule has 0 bridgehead atoms. The summed E-state index contributed by atoms with van der Waals surface area (Å²) < 4.78 is 5.19. The highest BCUT2D eigenvalue weighted by molar-refractivity contribution is 6.79. The Morgan fingerprint density at radius 1 is 1.45 bits per heavy atom. The van der Waals surface area contributed by atoms with Crippen molar-refractivity contribution in [2.75, 3.05) is 13.2 Å². The average molecular weight is 173 g/mol. The summed E-state index contributed by atoms with van der Waals surface area (Å²) >= 11 is 0. The molecule has 0 aliphatic carbocycles. The van der Waals surface area contributed by atoms with Crippen LogP contribution in [0.4, 0.5) is 0 Å². The van der Waals surface area contributed by atoms with E-state index >= 15 is 0 Å². The van der Waals surface area contributed by atoms with Crippen molar-refractivity contribution in [3.63, 3.8) is 0 Å². The van der Waals surface area contributed by atoms with Gasteiger partial charge in [0, 0.05) is 12.1 Å². The Morgan fingerprint density at radius 2 is 2.00 bits per heavy atom. The van der Waals surface area contributed by atoms with Gasteiger partial charge >= 0.3 is 0 Å². The van der Waals surface area contributed by atoms with Gasteiger partial charge in [-0.15, -0.1) is 0 Å². The molecule has 0 aliphatic rings. The maximum absolute atomic E-state index is 10.5. The minimum Gasteiger partial charge on any atom is -0.381 e. The number of rotatable bonds is 5. The molecule has 0 rings (SSSR count). The number of ether oxygens (including phenoxy) is 1. The van der Waals surface area contributed by atoms with E-state index in [4.69, 9.17) is 4.74 Å². The monoisotopic (exact) mass is 173 g/mol. The van der Waals surface area contributed by atoms with Crippen LogP contribution in [-0.4, -0.2) is 27.6 Å². The first-order valence-electron chi connectivity index (χ1n) is 3.97. The van der Waals surface area contributed by atoms with Gasteiger partial charge in [0.05, 0.1) is 14.7 Å². The van der Waals surface area contributed by atoms with Crippen LogP contribution in [0.5, 0.6) is 0 Å². The predicted molar refractivity (Wildman–Crippen MR) is 49.3 cm³/mol. The lowest BCUT2D eigenvalue weighted by Crippen LogP contribution is -2.32. The van der Waals surface area contributed by atoms with Gasteiger partial charge in [-0.3, -0.25) is 4.79 Å². The Labute approximate surface area is 69.9 Å². The normalized spacial score (nSPS) is 14.5. The van der Waals surface area contributed by atoms with Crippen LogP contribution in [0, 0.1) is 0 Å². The highest BCUT2D eigenvalue weighted by Gasteiger charge is 2.26. The molecule has 0 fully saturated rings. The molecule has 0 saturated heterocycles. The largest absolute Gasteiger partial charge is 0.381 e. The highest BCUT2D eigenvalue weighted by atomic mass is 28.3. The second-order valence-electron chi connectivity index (χ2n) is 3.70. The van der Waals surface area contributed by atoms with Crippen molar-refractivity contribution >= 4 is 14.4 Å². The SMILES string of the molecule is CCOCC([C]=O)[Si](C)(C)C. The maximum atomic E-state index is 10.5. The number of hydrogen-bond acceptors (Lipinski definition) is 2. The number of carbonyl (C=O) groups excluding carboxylic acids is 1. The van der Waals surface area contributed by atoms with E-state index in [2.05, 4.69) is 25.9 Å². The van der Waals surface area contributed by atoms with Crippen molar-refractivity contribution in [1.82, 2.24) is 0 Å². The van der Waals surface area contributed by atoms with Gasteiger partial charge in [0.1, 0.15) is 0 Å². The van der Waals surface area contributed by atoms with Gasteiger partial charge in [-0.25, -0.2) is 0 Å². The summed E-state index contributed by atoms with van der Waals surface area (Å²) in [5.41, 5.74) is 0.0300. The summed E-state index contributed by atoms with van der Waals surface area (Å²) in [6, 6.07) is 0. The minimum absolute atomic E-state index is 0.0300. The second-order valence-corrected chi connectivity index (χ2v) is 9.12. The zero-order valence-electron chi connectivity index (χ0n) is 7.81. The highest BCUT2D eigenvalue weighted by Crippen LogP contribution is 2.19. The molecule has 0 amide bonds. The molecule has 0 aliphatic heterocycles. The van der Waals surface area contributed by atoms with Gasteiger partial charge in [0.25, 0.3) is 0 Å². The van der Waals surface area contributed by atoms with Crippen LogP contribution in [-0.2, 0) is 9.53 Å². The first-order chi connectivity index (χ1) is 5.02. The predicted octanol–water partition coefficient (Wildman–Crippen LogP) is 1.84. The zero-order valence-corrected chi connectivity index (χ0v) is 8.81. The standard InChI is InChI=1S/C8H17O2Si/c1-5-10-7-8(6-9)11(2,3)4/h8H,5,7H2,1-4H3. The Morgan fingerprint density at radius 3 is 2.27 bits per heavy atom. The molecule has 0 aromatic rings. The quantitative estimate of drug-likeness (QED) is 0.593. The Kier molecular flexibility index (Phi) is 4.60. The summed E-state index contributed by atoms with van der Waals surface area (Å²) in [4.78, 5) is 10.5. The first-order valence-corrected chi connectivity index (χ1v) is 7.55. The van der Waals surface area contributed by atoms with Gasteiger partial charge < -0.3 is 4.74 Å². The van der Waals surface area contributed by atoms with Gasteiger partial charge in [0.2, 0.25) is 6.29 Å². The van der Waals surface area contributed by atoms with Crippen LogP contribution in [0.3, 0.4) is 0 Å². The molecule has 0 N–H and O–H groups in total. The lowest BCUT2D eigenvalue weighted by atomic mass is 10.5. The van der Waals surface area contributed by atoms with Crippen LogP contribution in [0.1, 0.15) is 6.92 Å². The van der Waals surface area contributed by atoms with Crippen molar-refractivity contribution < 1.29 is 9.53 Å². The molecule has 0 spiro atoms. The van der Waals surface area contributed by atoms with E-state index in [1.807, 2.05) is 6.92 Å². The van der Waals surface area contributed by atoms with Gasteiger partial charge in [-0.1, -0.05) is 19.6 Å². The van der Waals surface area contributed by atoms with Gasteiger partial charge in [0.15, 0.2) is 0 Å². The Bertz CT molecular complexity index is 118. The van der Waals surface area contributed by atoms with E-state index in [9.17, 15) is 4.79 Å². The molecule has 65 valence electrons. The van der Waals surface area contributed by atoms with Crippen molar-refractivity contribution in [2.45, 2.75) is 32.1 Å². The van der Waals surface area contributed by atoms with Crippen LogP contribution >= 0.6 is 0 Å². The smallest absolute Gasteiger partial charge is 0.201 e. The molecular formula is C8H17O2Si. The third kappa shape index (κ3) is 4.32. The van der Waals surface area contributed by atoms with E-state index in [-0.39, 0.29) is 5.54 Å². The van der Waals surface area contributed by atoms with E-state index in [0.29, 0.717) is 13.2 Å². The summed E-state index contributed by atoms with van der Waals surface area (Å²) in [7, 11) is -1.37. The fraction of sp³-hybridized carbons (Fsp3) is 0.875. The van der Waals surface area contributed by atoms with Crippen LogP contribution in [0.2, 0.25) is 25.2 Å². The molecule has 1 radical (unpaired) electrons. The van der Waals surface area contributed by atoms with E-state index in [0.717, 1.165) is 0 Å². The fourth-order valence-electron chi connectivity index (χ4n) is 0.696. The van der Waals surface area contributed by atoms with Gasteiger partial charge in [-0.2, -0.15) is 0 Å². The third-order valence-electron chi connectivity index (χ3n) is 1.68. The molecule has 0 aromatic heterocycles. The lowest BCUT2D eigenvalue weighted by Gasteiger charge is -2.22. The molecule has 0 saturated carbocycles. The molecule has 2 nitrogen and oxygen atoms in total. The molecule has 0 aromatic carbocycles. The molecule has 1 unspecified atom stereocenters. The van der Waals surface area contributed by atoms with Crippen LogP contribution < -0.4 is 0 Å². The summed E-state index contributed by atoms with van der Waals surface area (Å²) in [5.74, 6) is 0. The lowest BCUT2D eigenvalue weighted by molar-refractivity contribution is 0.153. The van der Waals surface area contributed by atoms with Crippen molar-refractivity contribution in [2.24, 2.45) is 0 Å². The van der Waals surface area contributed by atoms with Gasteiger partial charge in [-0.05, 0) is 6.92 Å². The zero-order chi connectivity index (χ0) is 8.91. The molecule has 1 atom stereocenters. The van der Waals surface area contributed by atoms with Crippen molar-refractivity contribution in [3.8, 4) is 0 Å². The Balaban J connectivity index is 3.86. The topological polar surface area (TPSA) is 26.3 Å². The van der Waals surface area contributed by atoms with E-state index in [1.54, 1.807) is 0 Å². The van der Waals surface area contributed by atoms with Crippen LogP contribution in [0.25, 0.3) is 0 Å². The third-order valence-corrected chi connectivity index (χ3v) is 4.05. The fourth-order valence-corrected chi connectivity index (χ4v) is 1.67. The number of hydrogen-bond donors (Lipinski definition) is 0. The summed E-state index contributed by atoms with van der Waals surface area (Å²) in [5, 5.41) is 0. The molecular weight excluding hydrogens is 156 g/mol. The van der Waals surface area contributed by atoms with Crippen molar-refractivity contribution in [3.05, 3.63) is 0 Å². The van der Waals surface area contributed by atoms with Crippen molar-refractivity contribution in [1.29, 1.82) is 0 Å². The van der Waals surface area contributed by atoms with Crippen LogP contribution in [0.15, 0.2) is 0 Å². The molecule has 3 heteroatoms. The Hall–Kier alpha value is -0.153. The summed E-state index contributed by atoms with van der Waals surface area (Å²) in [6.07, 6.45) is 2.06. The molecule has 11 heavy (non-hydrogen) atoms. The maximum Gasteiger partial charge on any atom is 0.201 e. The minimum atomic E-state index is -1.37. The van der Waals surface area contributed by atoms with E-state index < -0.39 is 8.07 Å². The average Bonchev–Trinajstić information content (AvgIpc) is 1.87.